The van der Waals surface area contributed by atoms with E-state index in [1.807, 2.05) is 4.72 Å². The van der Waals surface area contributed by atoms with Crippen molar-refractivity contribution in [2.45, 2.75) is 11.5 Å². The number of nitrogens with one attached hydrogen (secondary N) is 2. The molecule has 1 aromatic carbocycles. The summed E-state index contributed by atoms with van der Waals surface area (Å²) in [5.41, 5.74) is -0.0481. The maximum Gasteiger partial charge on any atom is 0.263 e. The van der Waals surface area contributed by atoms with E-state index in [9.17, 15) is 17.2 Å². The number of aliphatic hydroxyl groups excluding tert-OH is 1. The number of H-pyrrole nitrogens is 1. The van der Waals surface area contributed by atoms with Crippen molar-refractivity contribution in [1.29, 1.82) is 0 Å². The summed E-state index contributed by atoms with van der Waals surface area (Å²) >= 11 is 0. The molecule has 2 aromatic rings. The zero-order valence-corrected chi connectivity index (χ0v) is 10.3. The van der Waals surface area contributed by atoms with Crippen LogP contribution in [0.3, 0.4) is 0 Å². The molecule has 1 heterocycles. The van der Waals surface area contributed by atoms with Crippen LogP contribution in [0.4, 0.5) is 14.5 Å². The van der Waals surface area contributed by atoms with Gasteiger partial charge in [-0.15, -0.1) is 0 Å². The maximum absolute atomic E-state index is 13.4. The van der Waals surface area contributed by atoms with Gasteiger partial charge in [-0.1, -0.05) is 0 Å². The summed E-state index contributed by atoms with van der Waals surface area (Å²) in [4.78, 5) is 2.40. The molecule has 0 unspecified atom stereocenters. The Morgan fingerprint density at radius 2 is 2.00 bits per heavy atom. The fourth-order valence-electron chi connectivity index (χ4n) is 1.44. The lowest BCUT2D eigenvalue weighted by molar-refractivity contribution is 0.277. The molecule has 0 bridgehead atoms. The van der Waals surface area contributed by atoms with Crippen LogP contribution in [0.15, 0.2) is 35.4 Å². The van der Waals surface area contributed by atoms with Crippen molar-refractivity contribution in [3.8, 4) is 0 Å². The summed E-state index contributed by atoms with van der Waals surface area (Å²) in [5.74, 6) is -1.81. The van der Waals surface area contributed by atoms with Crippen LogP contribution in [0.2, 0.25) is 0 Å². The number of sulfonamides is 1. The first-order valence-electron chi connectivity index (χ1n) is 5.18. The molecule has 3 N–H and O–H groups in total. The SMILES string of the molecule is O=S(=O)(Nc1ccc(F)cc1F)c1c[nH]c(CO)c1. The van der Waals surface area contributed by atoms with E-state index in [-0.39, 0.29) is 17.2 Å². The molecule has 19 heavy (non-hydrogen) atoms. The Labute approximate surface area is 107 Å². The predicted octanol–water partition coefficient (Wildman–Crippen LogP) is 1.59. The van der Waals surface area contributed by atoms with Gasteiger partial charge in [0.2, 0.25) is 0 Å². The third kappa shape index (κ3) is 2.91. The third-order valence-corrected chi connectivity index (χ3v) is 3.72. The van der Waals surface area contributed by atoms with Crippen molar-refractivity contribution in [3.05, 3.63) is 47.8 Å². The second-order valence-corrected chi connectivity index (χ2v) is 5.43. The average molecular weight is 288 g/mol. The molecule has 1 aromatic heterocycles. The first kappa shape index (κ1) is 13.5. The van der Waals surface area contributed by atoms with Crippen molar-refractivity contribution in [3.63, 3.8) is 0 Å². The Morgan fingerprint density at radius 3 is 2.58 bits per heavy atom. The molecule has 0 spiro atoms. The third-order valence-electron chi connectivity index (χ3n) is 2.37. The molecule has 0 saturated heterocycles. The number of aliphatic hydroxyl groups is 1. The minimum atomic E-state index is -3.99. The number of halogens is 2. The molecular weight excluding hydrogens is 278 g/mol. The summed E-state index contributed by atoms with van der Waals surface area (Å²) in [5, 5.41) is 8.83. The molecule has 8 heteroatoms. The molecule has 102 valence electrons. The molecule has 0 atom stereocenters. The minimum absolute atomic E-state index is 0.153. The van der Waals surface area contributed by atoms with Crippen LogP contribution in [0.25, 0.3) is 0 Å². The van der Waals surface area contributed by atoms with Crippen molar-refractivity contribution >= 4 is 15.7 Å². The molecular formula is C11H10F2N2O3S. The Balaban J connectivity index is 2.30. The number of anilines is 1. The second kappa shape index (κ2) is 4.98. The molecule has 0 saturated carbocycles. The van der Waals surface area contributed by atoms with Crippen molar-refractivity contribution < 1.29 is 22.3 Å². The first-order valence-corrected chi connectivity index (χ1v) is 6.67. The summed E-state index contributed by atoms with van der Waals surface area (Å²) in [6.07, 6.45) is 1.16. The van der Waals surface area contributed by atoms with E-state index in [1.165, 1.54) is 6.07 Å². The molecule has 0 fully saturated rings. The van der Waals surface area contributed by atoms with Crippen LogP contribution in [0.5, 0.6) is 0 Å². The highest BCUT2D eigenvalue weighted by Crippen LogP contribution is 2.20. The number of rotatable bonds is 4. The molecule has 0 radical (unpaired) electrons. The summed E-state index contributed by atoms with van der Waals surface area (Å²) in [7, 11) is -3.99. The van der Waals surface area contributed by atoms with Crippen LogP contribution < -0.4 is 4.72 Å². The summed E-state index contributed by atoms with van der Waals surface area (Å²) in [6, 6.07) is 3.72. The van der Waals surface area contributed by atoms with Crippen LogP contribution in [0, 0.1) is 11.6 Å². The van der Waals surface area contributed by atoms with Gasteiger partial charge in [-0.2, -0.15) is 0 Å². The van der Waals surface area contributed by atoms with Gasteiger partial charge in [0, 0.05) is 18.0 Å². The van der Waals surface area contributed by atoms with Crippen LogP contribution in [-0.4, -0.2) is 18.5 Å². The highest BCUT2D eigenvalue weighted by Gasteiger charge is 2.18. The van der Waals surface area contributed by atoms with E-state index >= 15 is 0 Å². The number of aromatic amines is 1. The van der Waals surface area contributed by atoms with E-state index in [0.717, 1.165) is 18.3 Å². The van der Waals surface area contributed by atoms with E-state index in [2.05, 4.69) is 4.98 Å². The van der Waals surface area contributed by atoms with Gasteiger partial charge < -0.3 is 10.1 Å². The second-order valence-electron chi connectivity index (χ2n) is 3.75. The number of hydrogen-bond donors (Lipinski definition) is 3. The van der Waals surface area contributed by atoms with Gasteiger partial charge >= 0.3 is 0 Å². The highest BCUT2D eigenvalue weighted by molar-refractivity contribution is 7.92. The average Bonchev–Trinajstić information content (AvgIpc) is 2.82. The molecule has 2 rings (SSSR count). The Kier molecular flexibility index (Phi) is 3.54. The van der Waals surface area contributed by atoms with Crippen LogP contribution in [-0.2, 0) is 16.6 Å². The number of aromatic nitrogens is 1. The Hall–Kier alpha value is -1.93. The fourth-order valence-corrected chi connectivity index (χ4v) is 2.53. The van der Waals surface area contributed by atoms with Crippen molar-refractivity contribution in [2.24, 2.45) is 0 Å². The van der Waals surface area contributed by atoms with Gasteiger partial charge in [-0.3, -0.25) is 4.72 Å². The standard InChI is InChI=1S/C11H10F2N2O3S/c12-7-1-2-11(10(13)3-7)15-19(17,18)9-4-8(6-16)14-5-9/h1-5,14-16H,6H2. The molecule has 0 aliphatic rings. The van der Waals surface area contributed by atoms with Gasteiger partial charge in [0.05, 0.1) is 12.3 Å². The molecule has 5 nitrogen and oxygen atoms in total. The molecule has 0 amide bonds. The zero-order chi connectivity index (χ0) is 14.0. The van der Waals surface area contributed by atoms with E-state index < -0.39 is 21.7 Å². The number of hydrogen-bond acceptors (Lipinski definition) is 3. The lowest BCUT2D eigenvalue weighted by Gasteiger charge is -2.07. The quantitative estimate of drug-likeness (QED) is 0.799. The fraction of sp³-hybridized carbons (Fsp3) is 0.0909. The van der Waals surface area contributed by atoms with Crippen LogP contribution in [0.1, 0.15) is 5.69 Å². The monoisotopic (exact) mass is 288 g/mol. The van der Waals surface area contributed by atoms with E-state index in [4.69, 9.17) is 5.11 Å². The lowest BCUT2D eigenvalue weighted by atomic mass is 10.3. The highest BCUT2D eigenvalue weighted by atomic mass is 32.2. The van der Waals surface area contributed by atoms with Crippen molar-refractivity contribution in [2.75, 3.05) is 4.72 Å². The normalized spacial score (nSPS) is 11.5. The Bertz CT molecular complexity index is 698. The Morgan fingerprint density at radius 1 is 1.26 bits per heavy atom. The van der Waals surface area contributed by atoms with Crippen LogP contribution >= 0.6 is 0 Å². The topological polar surface area (TPSA) is 82.2 Å². The van der Waals surface area contributed by atoms with Crippen molar-refractivity contribution in [1.82, 2.24) is 4.98 Å². The smallest absolute Gasteiger partial charge is 0.263 e. The zero-order valence-electron chi connectivity index (χ0n) is 9.52. The lowest BCUT2D eigenvalue weighted by Crippen LogP contribution is -2.13. The van der Waals surface area contributed by atoms with Gasteiger partial charge in [-0.05, 0) is 18.2 Å². The first-order chi connectivity index (χ1) is 8.92. The summed E-state index contributed by atoms with van der Waals surface area (Å²) in [6.45, 7) is -0.347. The van der Waals surface area contributed by atoms with Gasteiger partial charge in [-0.25, -0.2) is 17.2 Å². The number of benzene rings is 1. The van der Waals surface area contributed by atoms with Gasteiger partial charge in [0.15, 0.2) is 0 Å². The maximum atomic E-state index is 13.4. The molecule has 0 aliphatic carbocycles. The van der Waals surface area contributed by atoms with Gasteiger partial charge in [0.1, 0.15) is 16.5 Å². The predicted molar refractivity (Wildman–Crippen MR) is 63.9 cm³/mol. The largest absolute Gasteiger partial charge is 0.390 e. The molecule has 0 aliphatic heterocycles. The summed E-state index contributed by atoms with van der Waals surface area (Å²) < 4.78 is 51.8. The minimum Gasteiger partial charge on any atom is -0.390 e. The van der Waals surface area contributed by atoms with E-state index in [0.29, 0.717) is 11.8 Å². The van der Waals surface area contributed by atoms with Gasteiger partial charge in [0.25, 0.3) is 10.0 Å². The van der Waals surface area contributed by atoms with E-state index in [1.54, 1.807) is 0 Å².